The van der Waals surface area contributed by atoms with E-state index in [-0.39, 0.29) is 41.1 Å². The van der Waals surface area contributed by atoms with Crippen molar-refractivity contribution in [2.75, 3.05) is 19.4 Å². The first-order valence-corrected chi connectivity index (χ1v) is 12.0. The highest BCUT2D eigenvalue weighted by Gasteiger charge is 2.17. The molecule has 0 bridgehead atoms. The first-order valence-electron chi connectivity index (χ1n) is 11.7. The van der Waals surface area contributed by atoms with Gasteiger partial charge in [-0.15, -0.1) is 0 Å². The molecular weight excluding hydrogens is 487 g/mol. The lowest BCUT2D eigenvalue weighted by Gasteiger charge is -2.10. The number of nitrogens with zero attached hydrogens (tertiary/aromatic N) is 4. The maximum absolute atomic E-state index is 14.3. The maximum Gasteiger partial charge on any atom is 0.275 e. The molecule has 3 aromatic rings. The van der Waals surface area contributed by atoms with Gasteiger partial charge in [-0.3, -0.25) is 23.9 Å². The van der Waals surface area contributed by atoms with Crippen LogP contribution in [-0.2, 0) is 22.6 Å². The molecule has 192 valence electrons. The minimum absolute atomic E-state index is 0.0404. The van der Waals surface area contributed by atoms with Gasteiger partial charge in [-0.1, -0.05) is 31.5 Å². The number of imidazole rings is 1. The normalized spacial score (nSPS) is 11.5. The number of amides is 2. The van der Waals surface area contributed by atoms with Gasteiger partial charge in [0.1, 0.15) is 22.2 Å². The third kappa shape index (κ3) is 6.78. The number of unbranched alkanes of at least 4 members (excludes halogenated alkanes) is 1. The summed E-state index contributed by atoms with van der Waals surface area (Å²) in [6.07, 6.45) is 6.20. The summed E-state index contributed by atoms with van der Waals surface area (Å²) in [7, 11) is 3.32. The molecule has 0 aliphatic rings. The lowest BCUT2D eigenvalue weighted by molar-refractivity contribution is -0.123. The molecule has 0 unspecified atom stereocenters. The van der Waals surface area contributed by atoms with Crippen molar-refractivity contribution < 1.29 is 14.0 Å². The zero-order valence-electron chi connectivity index (χ0n) is 20.8. The third-order valence-corrected chi connectivity index (χ3v) is 5.71. The summed E-state index contributed by atoms with van der Waals surface area (Å²) in [6, 6.07) is 2.95. The second-order valence-corrected chi connectivity index (χ2v) is 9.48. The first kappa shape index (κ1) is 27.1. The molecule has 3 heterocycles. The van der Waals surface area contributed by atoms with Gasteiger partial charge in [-0.25, -0.2) is 9.37 Å². The number of hydrogen-bond acceptors (Lipinski definition) is 5. The van der Waals surface area contributed by atoms with Crippen molar-refractivity contribution >= 4 is 40.1 Å². The van der Waals surface area contributed by atoms with Crippen molar-refractivity contribution in [1.29, 1.82) is 0 Å². The average molecular weight is 517 g/mol. The molecule has 0 atom stereocenters. The van der Waals surface area contributed by atoms with Gasteiger partial charge in [0.25, 0.3) is 5.56 Å². The summed E-state index contributed by atoms with van der Waals surface area (Å²) in [5.41, 5.74) is 0.917. The van der Waals surface area contributed by atoms with Crippen molar-refractivity contribution in [3.63, 3.8) is 0 Å². The van der Waals surface area contributed by atoms with Crippen LogP contribution in [0.3, 0.4) is 0 Å². The van der Waals surface area contributed by atoms with E-state index in [1.807, 2.05) is 13.8 Å². The molecule has 2 N–H and O–H groups in total. The lowest BCUT2D eigenvalue weighted by Crippen LogP contribution is -2.27. The highest BCUT2D eigenvalue weighted by molar-refractivity contribution is 6.29. The Morgan fingerprint density at radius 2 is 2.06 bits per heavy atom. The van der Waals surface area contributed by atoms with Gasteiger partial charge in [0.05, 0.1) is 24.0 Å². The van der Waals surface area contributed by atoms with Gasteiger partial charge in [-0.05, 0) is 43.4 Å². The van der Waals surface area contributed by atoms with Crippen LogP contribution in [0.4, 0.5) is 10.1 Å². The highest BCUT2D eigenvalue weighted by atomic mass is 35.5. The zero-order valence-corrected chi connectivity index (χ0v) is 21.5. The fourth-order valence-corrected chi connectivity index (χ4v) is 3.75. The van der Waals surface area contributed by atoms with E-state index in [0.717, 1.165) is 6.20 Å². The Morgan fingerprint density at radius 3 is 2.75 bits per heavy atom. The number of fused-ring (bicyclic) bond motifs is 1. The molecule has 0 aliphatic heterocycles. The number of carbonyl (C=O) groups excluding carboxylic acids is 2. The Hall–Kier alpha value is -3.53. The first-order chi connectivity index (χ1) is 17.1. The molecule has 36 heavy (non-hydrogen) atoms. The van der Waals surface area contributed by atoms with Gasteiger partial charge in [0.15, 0.2) is 5.82 Å². The van der Waals surface area contributed by atoms with E-state index in [4.69, 9.17) is 11.6 Å². The minimum Gasteiger partial charge on any atom is -0.345 e. The van der Waals surface area contributed by atoms with Crippen LogP contribution in [0, 0.1) is 11.7 Å². The van der Waals surface area contributed by atoms with Crippen LogP contribution in [0.1, 0.15) is 44.6 Å². The monoisotopic (exact) mass is 516 g/mol. The van der Waals surface area contributed by atoms with Gasteiger partial charge in [-0.2, -0.15) is 0 Å². The van der Waals surface area contributed by atoms with E-state index in [0.29, 0.717) is 42.2 Å². The standard InChI is InChI=1S/C25H30ClFN6O3/c1-15(2)12-18-24-23(16(27)13-28-18)30-20(31-24)14-33-19(26)11-10-17(25(33)36)29-21(34)8-6-5-7-9-22(35)32(3)4/h7,9-11,13,15H,5-6,8,12,14H2,1-4H3,(H,29,34)(H,30,31)/b9-7+. The van der Waals surface area contributed by atoms with Crippen LogP contribution in [0.2, 0.25) is 5.15 Å². The van der Waals surface area contributed by atoms with Crippen LogP contribution in [0.5, 0.6) is 0 Å². The van der Waals surface area contributed by atoms with Crippen LogP contribution < -0.4 is 10.9 Å². The Labute approximate surface area is 213 Å². The quantitative estimate of drug-likeness (QED) is 0.241. The molecule has 0 radical (unpaired) electrons. The number of aromatic amines is 1. The Morgan fingerprint density at radius 1 is 1.31 bits per heavy atom. The fourth-order valence-electron chi connectivity index (χ4n) is 3.55. The Bertz CT molecular complexity index is 1350. The van der Waals surface area contributed by atoms with E-state index in [2.05, 4.69) is 20.3 Å². The van der Waals surface area contributed by atoms with Gasteiger partial charge in [0.2, 0.25) is 11.8 Å². The number of aromatic nitrogens is 4. The number of anilines is 1. The summed E-state index contributed by atoms with van der Waals surface area (Å²) in [5.74, 6) is -0.357. The minimum atomic E-state index is -0.555. The second kappa shape index (κ2) is 11.9. The van der Waals surface area contributed by atoms with E-state index < -0.39 is 11.4 Å². The van der Waals surface area contributed by atoms with Crippen molar-refractivity contribution in [1.82, 2.24) is 24.4 Å². The van der Waals surface area contributed by atoms with Crippen LogP contribution >= 0.6 is 11.6 Å². The summed E-state index contributed by atoms with van der Waals surface area (Å²) in [5, 5.41) is 2.77. The highest BCUT2D eigenvalue weighted by Crippen LogP contribution is 2.21. The van der Waals surface area contributed by atoms with Crippen molar-refractivity contribution in [2.45, 2.75) is 46.1 Å². The van der Waals surface area contributed by atoms with E-state index in [1.165, 1.54) is 27.7 Å². The zero-order chi connectivity index (χ0) is 26.4. The van der Waals surface area contributed by atoms with Crippen molar-refractivity contribution in [2.24, 2.45) is 5.92 Å². The molecule has 11 heteroatoms. The summed E-state index contributed by atoms with van der Waals surface area (Å²) in [6.45, 7) is 4.04. The number of halogens is 2. The van der Waals surface area contributed by atoms with Crippen LogP contribution in [0.15, 0.2) is 35.3 Å². The summed E-state index contributed by atoms with van der Waals surface area (Å²) in [4.78, 5) is 49.9. The molecule has 3 rings (SSSR count). The van der Waals surface area contributed by atoms with Crippen molar-refractivity contribution in [3.05, 3.63) is 63.3 Å². The van der Waals surface area contributed by atoms with Crippen LogP contribution in [0.25, 0.3) is 11.0 Å². The van der Waals surface area contributed by atoms with Crippen LogP contribution in [-0.4, -0.2) is 50.3 Å². The predicted molar refractivity (Wildman–Crippen MR) is 138 cm³/mol. The number of carbonyl (C=O) groups is 2. The SMILES string of the molecule is CC(C)Cc1ncc(F)c2nc(Cn3c(Cl)ccc(NC(=O)CCC/C=C/C(=O)N(C)C)c3=O)[nH]c12. The third-order valence-electron chi connectivity index (χ3n) is 5.38. The van der Waals surface area contributed by atoms with Gasteiger partial charge < -0.3 is 15.2 Å². The largest absolute Gasteiger partial charge is 0.345 e. The van der Waals surface area contributed by atoms with Gasteiger partial charge >= 0.3 is 0 Å². The predicted octanol–water partition coefficient (Wildman–Crippen LogP) is 3.91. The molecule has 0 spiro atoms. The molecule has 0 aromatic carbocycles. The number of pyridine rings is 2. The molecule has 0 saturated carbocycles. The average Bonchev–Trinajstić information content (AvgIpc) is 3.25. The van der Waals surface area contributed by atoms with Gasteiger partial charge in [0, 0.05) is 20.5 Å². The molecule has 0 fully saturated rings. The smallest absolute Gasteiger partial charge is 0.275 e. The Balaban J connectivity index is 1.72. The molecule has 0 saturated heterocycles. The maximum atomic E-state index is 14.3. The fraction of sp³-hybridized carbons (Fsp3) is 0.400. The number of H-pyrrole nitrogens is 1. The molecule has 2 amide bonds. The number of hydrogen-bond donors (Lipinski definition) is 2. The number of likely N-dealkylation sites (N-methyl/N-ethyl adjacent to an activating group) is 1. The second-order valence-electron chi connectivity index (χ2n) is 9.09. The van der Waals surface area contributed by atoms with E-state index in [1.54, 1.807) is 20.2 Å². The molecular formula is C25H30ClFN6O3. The number of rotatable bonds is 10. The molecule has 0 aliphatic carbocycles. The van der Waals surface area contributed by atoms with E-state index in [9.17, 15) is 18.8 Å². The summed E-state index contributed by atoms with van der Waals surface area (Å²) < 4.78 is 15.6. The Kier molecular flexibility index (Phi) is 8.98. The number of allylic oxidation sites excluding steroid dienone is 1. The molecule has 9 nitrogen and oxygen atoms in total. The topological polar surface area (TPSA) is 113 Å². The lowest BCUT2D eigenvalue weighted by atomic mass is 10.1. The van der Waals surface area contributed by atoms with Crippen molar-refractivity contribution in [3.8, 4) is 0 Å². The number of nitrogens with one attached hydrogen (secondary N) is 2. The van der Waals surface area contributed by atoms with E-state index >= 15 is 0 Å². The molecule has 3 aromatic heterocycles. The summed E-state index contributed by atoms with van der Waals surface area (Å²) >= 11 is 6.27.